The van der Waals surface area contributed by atoms with Crippen molar-refractivity contribution in [3.63, 3.8) is 0 Å². The van der Waals surface area contributed by atoms with Crippen molar-refractivity contribution in [2.45, 2.75) is 19.4 Å². The molecule has 2 unspecified atom stereocenters. The van der Waals surface area contributed by atoms with Gasteiger partial charge < -0.3 is 9.72 Å². The highest BCUT2D eigenvalue weighted by molar-refractivity contribution is 4.87. The van der Waals surface area contributed by atoms with Crippen LogP contribution in [0.15, 0.2) is 17.2 Å². The zero-order chi connectivity index (χ0) is 9.26. The summed E-state index contributed by atoms with van der Waals surface area (Å²) < 4.78 is 7.10. The van der Waals surface area contributed by atoms with Crippen LogP contribution in [0, 0.1) is 5.92 Å². The van der Waals surface area contributed by atoms with Gasteiger partial charge in [0.2, 0.25) is 0 Å². The highest BCUT2D eigenvalue weighted by Crippen LogP contribution is 2.26. The van der Waals surface area contributed by atoms with E-state index in [1.54, 1.807) is 17.0 Å². The number of hydrogen-bond acceptors (Lipinski definition) is 2. The standard InChI is InChI=1S/C9H14N2O2/c1-2-7-5-13-6-8(7)11-4-3-10-9(11)12/h3-4,7-8H,2,5-6H2,1H3,(H,10,12). The van der Waals surface area contributed by atoms with E-state index in [0.29, 0.717) is 12.5 Å². The molecule has 1 aromatic heterocycles. The summed E-state index contributed by atoms with van der Waals surface area (Å²) in [5, 5.41) is 0. The van der Waals surface area contributed by atoms with Crippen LogP contribution >= 0.6 is 0 Å². The van der Waals surface area contributed by atoms with E-state index in [2.05, 4.69) is 11.9 Å². The first-order chi connectivity index (χ1) is 6.33. The quantitative estimate of drug-likeness (QED) is 0.734. The molecule has 0 radical (unpaired) electrons. The van der Waals surface area contributed by atoms with Crippen molar-refractivity contribution < 1.29 is 4.74 Å². The third kappa shape index (κ3) is 1.42. The smallest absolute Gasteiger partial charge is 0.325 e. The lowest BCUT2D eigenvalue weighted by atomic mass is 10.0. The molecule has 0 aromatic carbocycles. The largest absolute Gasteiger partial charge is 0.379 e. The van der Waals surface area contributed by atoms with Gasteiger partial charge in [-0.15, -0.1) is 0 Å². The predicted molar refractivity (Wildman–Crippen MR) is 48.7 cm³/mol. The first kappa shape index (κ1) is 8.56. The minimum Gasteiger partial charge on any atom is -0.379 e. The second kappa shape index (κ2) is 3.38. The van der Waals surface area contributed by atoms with E-state index in [0.717, 1.165) is 13.0 Å². The molecule has 0 saturated carbocycles. The molecule has 2 atom stereocenters. The van der Waals surface area contributed by atoms with Crippen LogP contribution in [0.4, 0.5) is 0 Å². The molecule has 1 aliphatic rings. The van der Waals surface area contributed by atoms with E-state index >= 15 is 0 Å². The lowest BCUT2D eigenvalue weighted by Crippen LogP contribution is -2.26. The van der Waals surface area contributed by atoms with Gasteiger partial charge in [0.25, 0.3) is 0 Å². The lowest BCUT2D eigenvalue weighted by Gasteiger charge is -2.15. The Kier molecular flexibility index (Phi) is 2.22. The normalized spacial score (nSPS) is 28.1. The summed E-state index contributed by atoms with van der Waals surface area (Å²) in [7, 11) is 0. The predicted octanol–water partition coefficient (Wildman–Crippen LogP) is 0.774. The molecule has 72 valence electrons. The summed E-state index contributed by atoms with van der Waals surface area (Å²) in [5.41, 5.74) is -0.0334. The maximum Gasteiger partial charge on any atom is 0.325 e. The van der Waals surface area contributed by atoms with Gasteiger partial charge in [-0.2, -0.15) is 0 Å². The lowest BCUT2D eigenvalue weighted by molar-refractivity contribution is 0.180. The number of hydrogen-bond donors (Lipinski definition) is 1. The molecule has 2 rings (SSSR count). The molecule has 13 heavy (non-hydrogen) atoms. The minimum atomic E-state index is -0.0334. The molecule has 1 aliphatic heterocycles. The Morgan fingerprint density at radius 1 is 1.69 bits per heavy atom. The third-order valence-electron chi connectivity index (χ3n) is 2.72. The van der Waals surface area contributed by atoms with E-state index in [-0.39, 0.29) is 11.7 Å². The first-order valence-corrected chi connectivity index (χ1v) is 4.66. The number of aromatic amines is 1. The van der Waals surface area contributed by atoms with E-state index in [1.165, 1.54) is 0 Å². The molecular formula is C9H14N2O2. The van der Waals surface area contributed by atoms with Crippen molar-refractivity contribution in [2.24, 2.45) is 5.92 Å². The van der Waals surface area contributed by atoms with Crippen molar-refractivity contribution >= 4 is 0 Å². The Balaban J connectivity index is 2.26. The van der Waals surface area contributed by atoms with E-state index in [4.69, 9.17) is 4.74 Å². The fourth-order valence-electron chi connectivity index (χ4n) is 1.88. The monoisotopic (exact) mass is 182 g/mol. The first-order valence-electron chi connectivity index (χ1n) is 4.66. The summed E-state index contributed by atoms with van der Waals surface area (Å²) in [4.78, 5) is 14.0. The molecule has 4 heteroatoms. The fourth-order valence-corrected chi connectivity index (χ4v) is 1.88. The Morgan fingerprint density at radius 2 is 2.54 bits per heavy atom. The van der Waals surface area contributed by atoms with Crippen LogP contribution in [-0.4, -0.2) is 22.8 Å². The second-order valence-corrected chi connectivity index (χ2v) is 3.45. The van der Waals surface area contributed by atoms with Gasteiger partial charge in [0.15, 0.2) is 0 Å². The van der Waals surface area contributed by atoms with Crippen LogP contribution in [0.1, 0.15) is 19.4 Å². The number of nitrogens with one attached hydrogen (secondary N) is 1. The molecule has 1 saturated heterocycles. The summed E-state index contributed by atoms with van der Waals surface area (Å²) in [6.45, 7) is 3.57. The van der Waals surface area contributed by atoms with Gasteiger partial charge in [-0.3, -0.25) is 4.57 Å². The number of aromatic nitrogens is 2. The third-order valence-corrected chi connectivity index (χ3v) is 2.72. The molecular weight excluding hydrogens is 168 g/mol. The minimum absolute atomic E-state index is 0.0334. The van der Waals surface area contributed by atoms with Crippen molar-refractivity contribution in [1.29, 1.82) is 0 Å². The highest BCUT2D eigenvalue weighted by Gasteiger charge is 2.28. The number of nitrogens with zero attached hydrogens (tertiary/aromatic N) is 1. The van der Waals surface area contributed by atoms with Crippen molar-refractivity contribution in [3.05, 3.63) is 22.9 Å². The zero-order valence-corrected chi connectivity index (χ0v) is 7.69. The van der Waals surface area contributed by atoms with Crippen molar-refractivity contribution in [3.8, 4) is 0 Å². The molecule has 0 spiro atoms. The van der Waals surface area contributed by atoms with Gasteiger partial charge in [-0.05, 0) is 6.42 Å². The zero-order valence-electron chi connectivity index (χ0n) is 7.69. The van der Waals surface area contributed by atoms with Crippen molar-refractivity contribution in [2.75, 3.05) is 13.2 Å². The van der Waals surface area contributed by atoms with E-state index in [1.807, 2.05) is 0 Å². The van der Waals surface area contributed by atoms with Crippen LogP contribution < -0.4 is 5.69 Å². The average molecular weight is 182 g/mol. The highest BCUT2D eigenvalue weighted by atomic mass is 16.5. The van der Waals surface area contributed by atoms with Gasteiger partial charge in [0, 0.05) is 18.3 Å². The summed E-state index contributed by atoms with van der Waals surface area (Å²) in [5.74, 6) is 0.480. The average Bonchev–Trinajstić information content (AvgIpc) is 2.71. The Labute approximate surface area is 76.5 Å². The molecule has 1 N–H and O–H groups in total. The summed E-state index contributed by atoms with van der Waals surface area (Å²) in [6, 6.07) is 0.226. The Bertz CT molecular complexity index is 328. The van der Waals surface area contributed by atoms with Gasteiger partial charge in [0.1, 0.15) is 0 Å². The van der Waals surface area contributed by atoms with Crippen LogP contribution in [0.3, 0.4) is 0 Å². The number of ether oxygens (including phenoxy) is 1. The Hall–Kier alpha value is -1.03. The van der Waals surface area contributed by atoms with Crippen LogP contribution in [0.2, 0.25) is 0 Å². The van der Waals surface area contributed by atoms with Crippen LogP contribution in [0.25, 0.3) is 0 Å². The van der Waals surface area contributed by atoms with Gasteiger partial charge in [0.05, 0.1) is 19.3 Å². The molecule has 1 aromatic rings. The van der Waals surface area contributed by atoms with Crippen LogP contribution in [-0.2, 0) is 4.74 Å². The molecule has 1 fully saturated rings. The molecule has 0 amide bonds. The molecule has 2 heterocycles. The van der Waals surface area contributed by atoms with Gasteiger partial charge >= 0.3 is 5.69 Å². The van der Waals surface area contributed by atoms with E-state index < -0.39 is 0 Å². The maximum absolute atomic E-state index is 11.3. The topological polar surface area (TPSA) is 47.0 Å². The molecule has 0 bridgehead atoms. The van der Waals surface area contributed by atoms with Gasteiger partial charge in [-0.25, -0.2) is 4.79 Å². The molecule has 4 nitrogen and oxygen atoms in total. The van der Waals surface area contributed by atoms with Crippen molar-refractivity contribution in [1.82, 2.24) is 9.55 Å². The number of imidazole rings is 1. The summed E-state index contributed by atoms with van der Waals surface area (Å²) in [6.07, 6.45) is 4.53. The number of H-pyrrole nitrogens is 1. The number of rotatable bonds is 2. The van der Waals surface area contributed by atoms with Gasteiger partial charge in [-0.1, -0.05) is 6.92 Å². The maximum atomic E-state index is 11.3. The summed E-state index contributed by atoms with van der Waals surface area (Å²) >= 11 is 0. The second-order valence-electron chi connectivity index (χ2n) is 3.45. The molecule has 0 aliphatic carbocycles. The van der Waals surface area contributed by atoms with Crippen LogP contribution in [0.5, 0.6) is 0 Å². The Morgan fingerprint density at radius 3 is 3.15 bits per heavy atom. The fraction of sp³-hybridized carbons (Fsp3) is 0.667. The van der Waals surface area contributed by atoms with E-state index in [9.17, 15) is 4.79 Å². The SMILES string of the molecule is CCC1COCC1n1cc[nH]c1=O.